The van der Waals surface area contributed by atoms with E-state index in [1.165, 1.54) is 45.7 Å². The van der Waals surface area contributed by atoms with E-state index in [0.717, 1.165) is 60.6 Å². The molecular weight excluding hydrogens is 749 g/mol. The quantitative estimate of drug-likeness (QED) is 0.179. The zero-order chi connectivity index (χ0) is 37.9. The molecule has 7 heteroatoms. The van der Waals surface area contributed by atoms with E-state index in [-0.39, 0.29) is 0 Å². The molecule has 0 unspecified atom stereocenters. The van der Waals surface area contributed by atoms with Gasteiger partial charge in [-0.3, -0.25) is 4.57 Å². The van der Waals surface area contributed by atoms with Crippen LogP contribution in [0.4, 0.5) is 0 Å². The lowest BCUT2D eigenvalue weighted by atomic mass is 9.99. The van der Waals surface area contributed by atoms with Gasteiger partial charge < -0.3 is 4.42 Å². The number of nitrogens with zero attached hydrogens (tertiary/aromatic N) is 4. The normalized spacial score (nSPS) is 12.1. The molecule has 0 aliphatic heterocycles. The summed E-state index contributed by atoms with van der Waals surface area (Å²) in [5, 5.41) is 9.41. The van der Waals surface area contributed by atoms with Crippen molar-refractivity contribution in [1.82, 2.24) is 19.5 Å². The molecule has 0 bridgehead atoms. The van der Waals surface area contributed by atoms with Crippen LogP contribution in [0.5, 0.6) is 0 Å². The van der Waals surface area contributed by atoms with Crippen molar-refractivity contribution >= 4 is 107 Å². The minimum atomic E-state index is 0.571. The maximum atomic E-state index is 6.59. The molecule has 0 aliphatic rings. The predicted molar refractivity (Wildman–Crippen MR) is 244 cm³/mol. The third kappa shape index (κ3) is 4.66. The highest BCUT2D eigenvalue weighted by atomic mass is 32.1. The van der Waals surface area contributed by atoms with E-state index in [1.807, 2.05) is 23.5 Å². The fourth-order valence-electron chi connectivity index (χ4n) is 8.88. The Morgan fingerprint density at radius 2 is 1.05 bits per heavy atom. The average molecular weight is 777 g/mol. The minimum absolute atomic E-state index is 0.571. The van der Waals surface area contributed by atoms with Crippen molar-refractivity contribution in [2.45, 2.75) is 0 Å². The Kier molecular flexibility index (Phi) is 6.70. The number of fused-ring (bicyclic) bond motifs is 13. The lowest BCUT2D eigenvalue weighted by molar-refractivity contribution is 0.669. The Hall–Kier alpha value is -7.19. The van der Waals surface area contributed by atoms with E-state index < -0.39 is 0 Å². The van der Waals surface area contributed by atoms with Crippen LogP contribution in [0.1, 0.15) is 0 Å². The van der Waals surface area contributed by atoms with Crippen molar-refractivity contribution in [3.8, 4) is 39.9 Å². The number of aromatic nitrogens is 4. The van der Waals surface area contributed by atoms with Crippen LogP contribution in [0.25, 0.3) is 124 Å². The maximum absolute atomic E-state index is 6.59. The molecule has 0 amide bonds. The number of benzene rings is 8. The van der Waals surface area contributed by atoms with Crippen molar-refractivity contribution < 1.29 is 4.42 Å². The van der Waals surface area contributed by atoms with Gasteiger partial charge in [-0.2, -0.15) is 9.97 Å². The molecule has 5 heterocycles. The fourth-order valence-corrected chi connectivity index (χ4v) is 11.1. The van der Waals surface area contributed by atoms with Crippen LogP contribution in [0.3, 0.4) is 0 Å². The topological polar surface area (TPSA) is 56.7 Å². The van der Waals surface area contributed by atoms with Crippen molar-refractivity contribution in [2.24, 2.45) is 0 Å². The third-order valence-corrected chi connectivity index (χ3v) is 13.7. The van der Waals surface area contributed by atoms with Gasteiger partial charge in [-0.05, 0) is 59.7 Å². The Labute approximate surface area is 338 Å². The van der Waals surface area contributed by atoms with Gasteiger partial charge in [-0.15, -0.1) is 22.7 Å². The number of hydrogen-bond acceptors (Lipinski definition) is 6. The zero-order valence-electron chi connectivity index (χ0n) is 30.7. The fraction of sp³-hybridized carbons (Fsp3) is 0. The number of furan rings is 1. The summed E-state index contributed by atoms with van der Waals surface area (Å²) in [6.45, 7) is 0. The first kappa shape index (κ1) is 32.0. The van der Waals surface area contributed by atoms with Gasteiger partial charge >= 0.3 is 0 Å². The Balaban J connectivity index is 1.09. The molecule has 0 radical (unpaired) electrons. The van der Waals surface area contributed by atoms with Crippen molar-refractivity contribution in [3.05, 3.63) is 170 Å². The lowest BCUT2D eigenvalue weighted by Crippen LogP contribution is -2.06. The van der Waals surface area contributed by atoms with Gasteiger partial charge in [0.2, 0.25) is 5.95 Å². The van der Waals surface area contributed by atoms with Crippen molar-refractivity contribution in [2.75, 3.05) is 0 Å². The second kappa shape index (κ2) is 12.2. The van der Waals surface area contributed by atoms with Gasteiger partial charge in [0.15, 0.2) is 11.6 Å². The van der Waals surface area contributed by atoms with E-state index in [1.54, 1.807) is 11.3 Å². The van der Waals surface area contributed by atoms with Crippen LogP contribution in [-0.4, -0.2) is 19.5 Å². The van der Waals surface area contributed by atoms with E-state index in [4.69, 9.17) is 19.4 Å². The molecule has 0 atom stereocenters. The molecular formula is C51H28N4OS2. The highest BCUT2D eigenvalue weighted by Crippen LogP contribution is 2.44. The zero-order valence-corrected chi connectivity index (χ0v) is 32.3. The van der Waals surface area contributed by atoms with Crippen LogP contribution in [0, 0.1) is 0 Å². The maximum Gasteiger partial charge on any atom is 0.238 e. The van der Waals surface area contributed by atoms with E-state index in [2.05, 4.69) is 162 Å². The first-order chi connectivity index (χ1) is 28.7. The number of para-hydroxylation sites is 1. The molecule has 0 spiro atoms. The smallest absolute Gasteiger partial charge is 0.238 e. The lowest BCUT2D eigenvalue weighted by Gasteiger charge is -2.12. The number of rotatable bonds is 4. The molecule has 58 heavy (non-hydrogen) atoms. The molecule has 0 saturated carbocycles. The van der Waals surface area contributed by atoms with Gasteiger partial charge in [-0.1, -0.05) is 121 Å². The van der Waals surface area contributed by atoms with E-state index in [0.29, 0.717) is 17.6 Å². The Bertz CT molecular complexity index is 3820. The first-order valence-corrected chi connectivity index (χ1v) is 20.9. The van der Waals surface area contributed by atoms with Gasteiger partial charge in [0.05, 0.1) is 11.0 Å². The highest BCUT2D eigenvalue weighted by molar-refractivity contribution is 7.26. The summed E-state index contributed by atoms with van der Waals surface area (Å²) in [6.07, 6.45) is 0. The van der Waals surface area contributed by atoms with Crippen LogP contribution >= 0.6 is 22.7 Å². The first-order valence-electron chi connectivity index (χ1n) is 19.3. The SMILES string of the molecule is c1ccc(-c2cccc3oc4cc(-c5nc(-c6ccc7c(c6)sc6ccccc67)nc(-n6c7ccccc7c7ccc8sc9ccccc9c8c76)n5)ccc4c23)cc1. The summed E-state index contributed by atoms with van der Waals surface area (Å²) < 4.78 is 13.8. The Morgan fingerprint density at radius 1 is 0.397 bits per heavy atom. The van der Waals surface area contributed by atoms with E-state index >= 15 is 0 Å². The predicted octanol–water partition coefficient (Wildman–Crippen LogP) is 14.6. The molecule has 0 aliphatic carbocycles. The molecule has 8 aromatic carbocycles. The molecule has 13 aromatic rings. The second-order valence-electron chi connectivity index (χ2n) is 14.7. The summed E-state index contributed by atoms with van der Waals surface area (Å²) in [4.78, 5) is 16.0. The highest BCUT2D eigenvalue weighted by Gasteiger charge is 2.22. The summed E-state index contributed by atoms with van der Waals surface area (Å²) >= 11 is 3.61. The second-order valence-corrected chi connectivity index (χ2v) is 16.9. The van der Waals surface area contributed by atoms with Gasteiger partial charge in [0.25, 0.3) is 0 Å². The molecule has 5 nitrogen and oxygen atoms in total. The number of thiophene rings is 2. The van der Waals surface area contributed by atoms with Crippen molar-refractivity contribution in [1.29, 1.82) is 0 Å². The molecule has 5 aromatic heterocycles. The molecule has 270 valence electrons. The summed E-state index contributed by atoms with van der Waals surface area (Å²) in [5.41, 5.74) is 7.87. The molecule has 0 saturated heterocycles. The van der Waals surface area contributed by atoms with Crippen LogP contribution in [-0.2, 0) is 0 Å². The summed E-state index contributed by atoms with van der Waals surface area (Å²) in [5.74, 6) is 1.76. The van der Waals surface area contributed by atoms with Crippen LogP contribution in [0.15, 0.2) is 174 Å². The summed E-state index contributed by atoms with van der Waals surface area (Å²) in [6, 6.07) is 60.0. The average Bonchev–Trinajstić information content (AvgIpc) is 4.04. The molecule has 0 N–H and O–H groups in total. The molecule has 0 fully saturated rings. The van der Waals surface area contributed by atoms with Crippen LogP contribution < -0.4 is 0 Å². The monoisotopic (exact) mass is 776 g/mol. The van der Waals surface area contributed by atoms with Gasteiger partial charge in [0.1, 0.15) is 11.2 Å². The van der Waals surface area contributed by atoms with Gasteiger partial charge in [0, 0.05) is 73.0 Å². The Morgan fingerprint density at radius 3 is 1.90 bits per heavy atom. The minimum Gasteiger partial charge on any atom is -0.456 e. The van der Waals surface area contributed by atoms with Gasteiger partial charge in [-0.25, -0.2) is 4.98 Å². The summed E-state index contributed by atoms with van der Waals surface area (Å²) in [7, 11) is 0. The largest absolute Gasteiger partial charge is 0.456 e. The van der Waals surface area contributed by atoms with Crippen LogP contribution in [0.2, 0.25) is 0 Å². The number of hydrogen-bond donors (Lipinski definition) is 0. The standard InChI is InChI=1S/C51H28N4OS2/c1-2-11-29(12-3-1)32-16-10-18-40-46(32)37-24-22-30(27-41(37)56-40)49-52-50(31-21-23-35-34-14-5-8-19-42(34)58-45(35)28-31)54-51(53-49)55-39-17-7-4-13-33(39)36-25-26-44-47(48(36)55)38-15-6-9-20-43(38)57-44/h1-28H. The molecule has 13 rings (SSSR count). The van der Waals surface area contributed by atoms with E-state index in [9.17, 15) is 0 Å². The van der Waals surface area contributed by atoms with Crippen molar-refractivity contribution in [3.63, 3.8) is 0 Å². The third-order valence-electron chi connectivity index (χ3n) is 11.5.